The Labute approximate surface area is 110 Å². The lowest BCUT2D eigenvalue weighted by molar-refractivity contribution is 0.128. The maximum Gasteiger partial charge on any atom is 0.0357 e. The second-order valence-corrected chi connectivity index (χ2v) is 6.67. The minimum Gasteiger partial charge on any atom is -0.386 e. The van der Waals surface area contributed by atoms with Crippen molar-refractivity contribution in [3.63, 3.8) is 0 Å². The van der Waals surface area contributed by atoms with Crippen LogP contribution in [0.1, 0.15) is 39.5 Å². The van der Waals surface area contributed by atoms with Crippen LogP contribution in [-0.4, -0.2) is 35.8 Å². The summed E-state index contributed by atoms with van der Waals surface area (Å²) in [4.78, 5) is 2.80. The zero-order chi connectivity index (χ0) is 12.8. The molecular weight excluding hydrogens is 222 g/mol. The van der Waals surface area contributed by atoms with Gasteiger partial charge in [-0.05, 0) is 44.2 Å². The average Bonchev–Trinajstić information content (AvgIpc) is 2.89. The van der Waals surface area contributed by atoms with Crippen LogP contribution in [0.2, 0.25) is 0 Å². The number of allylic oxidation sites excluding steroid dienone is 1. The van der Waals surface area contributed by atoms with E-state index in [0.29, 0.717) is 17.5 Å². The highest BCUT2D eigenvalue weighted by Gasteiger charge is 2.56. The Hall–Kier alpha value is -0.830. The molecule has 0 aromatic rings. The summed E-state index contributed by atoms with van der Waals surface area (Å²) in [7, 11) is 0. The molecule has 3 aliphatic rings. The van der Waals surface area contributed by atoms with E-state index in [1.807, 2.05) is 6.08 Å². The van der Waals surface area contributed by atoms with Crippen LogP contribution >= 0.6 is 0 Å². The molecule has 0 aromatic carbocycles. The van der Waals surface area contributed by atoms with E-state index < -0.39 is 0 Å². The number of rotatable bonds is 3. The third-order valence-corrected chi connectivity index (χ3v) is 5.08. The quantitative estimate of drug-likeness (QED) is 0.752. The molecular formula is C15H25N3. The predicted molar refractivity (Wildman–Crippen MR) is 74.9 cm³/mol. The minimum atomic E-state index is 0.479. The lowest BCUT2D eigenvalue weighted by Crippen LogP contribution is -2.45. The molecule has 18 heavy (non-hydrogen) atoms. The first kappa shape index (κ1) is 12.2. The second kappa shape index (κ2) is 4.37. The van der Waals surface area contributed by atoms with Crippen LogP contribution in [0.25, 0.3) is 0 Å². The number of nitrogens with zero attached hydrogens (tertiary/aromatic N) is 1. The van der Waals surface area contributed by atoms with Crippen molar-refractivity contribution >= 4 is 6.21 Å². The predicted octanol–water partition coefficient (Wildman–Crippen LogP) is 2.39. The molecule has 0 amide bonds. The first-order chi connectivity index (χ1) is 8.66. The summed E-state index contributed by atoms with van der Waals surface area (Å²) in [6.45, 7) is 7.08. The Balaban J connectivity index is 1.86. The molecule has 3 rings (SSSR count). The van der Waals surface area contributed by atoms with Crippen LogP contribution in [-0.2, 0) is 0 Å². The summed E-state index contributed by atoms with van der Waals surface area (Å²) in [5, 5.41) is 10.8. The van der Waals surface area contributed by atoms with Crippen molar-refractivity contribution in [3.8, 4) is 0 Å². The fourth-order valence-electron chi connectivity index (χ4n) is 4.72. The highest BCUT2D eigenvalue weighted by atomic mass is 15.3. The van der Waals surface area contributed by atoms with Crippen LogP contribution < -0.4 is 5.32 Å². The van der Waals surface area contributed by atoms with Gasteiger partial charge in [0.25, 0.3) is 0 Å². The van der Waals surface area contributed by atoms with Gasteiger partial charge in [-0.15, -0.1) is 0 Å². The lowest BCUT2D eigenvalue weighted by atomic mass is 9.82. The third-order valence-electron chi connectivity index (χ3n) is 5.08. The summed E-state index contributed by atoms with van der Waals surface area (Å²) >= 11 is 0. The van der Waals surface area contributed by atoms with Gasteiger partial charge in [-0.3, -0.25) is 4.90 Å². The van der Waals surface area contributed by atoms with Crippen molar-refractivity contribution in [2.75, 3.05) is 13.1 Å². The summed E-state index contributed by atoms with van der Waals surface area (Å²) < 4.78 is 0. The molecule has 0 aromatic heterocycles. The number of hydrogen-bond acceptors (Lipinski definition) is 3. The molecule has 2 N–H and O–H groups in total. The Bertz CT molecular complexity index is 374. The molecule has 0 aliphatic carbocycles. The van der Waals surface area contributed by atoms with Gasteiger partial charge in [0.1, 0.15) is 0 Å². The van der Waals surface area contributed by atoms with E-state index in [9.17, 15) is 0 Å². The molecule has 3 saturated heterocycles. The van der Waals surface area contributed by atoms with E-state index in [0.717, 1.165) is 12.5 Å². The molecule has 3 atom stereocenters. The van der Waals surface area contributed by atoms with Crippen LogP contribution in [0.3, 0.4) is 0 Å². The molecule has 3 fully saturated rings. The second-order valence-electron chi connectivity index (χ2n) is 6.67. The maximum absolute atomic E-state index is 7.28. The smallest absolute Gasteiger partial charge is 0.0357 e. The maximum atomic E-state index is 7.28. The number of hydrogen-bond donors (Lipinski definition) is 2. The van der Waals surface area contributed by atoms with Gasteiger partial charge in [0, 0.05) is 36.0 Å². The van der Waals surface area contributed by atoms with Crippen molar-refractivity contribution in [1.29, 1.82) is 5.41 Å². The van der Waals surface area contributed by atoms with Gasteiger partial charge in [0.05, 0.1) is 0 Å². The topological polar surface area (TPSA) is 39.1 Å². The van der Waals surface area contributed by atoms with E-state index in [-0.39, 0.29) is 0 Å². The summed E-state index contributed by atoms with van der Waals surface area (Å²) in [6.07, 6.45) is 8.81. The Morgan fingerprint density at radius 2 is 2.39 bits per heavy atom. The van der Waals surface area contributed by atoms with Gasteiger partial charge < -0.3 is 10.7 Å². The van der Waals surface area contributed by atoms with E-state index in [1.165, 1.54) is 44.1 Å². The molecule has 0 saturated carbocycles. The zero-order valence-electron chi connectivity index (χ0n) is 11.6. The molecule has 3 heterocycles. The van der Waals surface area contributed by atoms with Crippen molar-refractivity contribution in [3.05, 3.63) is 11.8 Å². The van der Waals surface area contributed by atoms with E-state index in [4.69, 9.17) is 5.41 Å². The van der Waals surface area contributed by atoms with Crippen LogP contribution in [0.15, 0.2) is 11.8 Å². The Morgan fingerprint density at radius 3 is 3.11 bits per heavy atom. The van der Waals surface area contributed by atoms with Gasteiger partial charge in [-0.2, -0.15) is 0 Å². The van der Waals surface area contributed by atoms with E-state index >= 15 is 0 Å². The molecule has 3 nitrogen and oxygen atoms in total. The largest absolute Gasteiger partial charge is 0.386 e. The van der Waals surface area contributed by atoms with Crippen LogP contribution in [0.4, 0.5) is 0 Å². The molecule has 3 unspecified atom stereocenters. The standard InChI is InChI=1S/C15H25N3/c1-11(2)8-15-5-3-7-18(15)14-10-17-13(4-6-16)12(14)9-15/h4,6,11-12,14,16-17H,3,5,7-10H2,1-2H3/b13-4-,16-6?. The molecule has 0 bridgehead atoms. The fraction of sp³-hybridized carbons (Fsp3) is 0.800. The molecule has 3 aliphatic heterocycles. The molecule has 0 spiro atoms. The van der Waals surface area contributed by atoms with Crippen LogP contribution in [0, 0.1) is 17.2 Å². The monoisotopic (exact) mass is 247 g/mol. The van der Waals surface area contributed by atoms with Gasteiger partial charge in [0.15, 0.2) is 0 Å². The van der Waals surface area contributed by atoms with Crippen molar-refractivity contribution < 1.29 is 0 Å². The first-order valence-corrected chi connectivity index (χ1v) is 7.37. The Morgan fingerprint density at radius 1 is 1.56 bits per heavy atom. The molecule has 100 valence electrons. The van der Waals surface area contributed by atoms with Gasteiger partial charge in [-0.1, -0.05) is 13.8 Å². The number of nitrogens with one attached hydrogen (secondary N) is 2. The van der Waals surface area contributed by atoms with Crippen molar-refractivity contribution in [2.24, 2.45) is 11.8 Å². The molecule has 0 radical (unpaired) electrons. The lowest BCUT2D eigenvalue weighted by Gasteiger charge is -2.36. The minimum absolute atomic E-state index is 0.479. The van der Waals surface area contributed by atoms with E-state index in [2.05, 4.69) is 24.1 Å². The van der Waals surface area contributed by atoms with Gasteiger partial charge in [0.2, 0.25) is 0 Å². The number of fused-ring (bicyclic) bond motifs is 3. The van der Waals surface area contributed by atoms with Crippen molar-refractivity contribution in [2.45, 2.75) is 51.1 Å². The summed E-state index contributed by atoms with van der Waals surface area (Å²) in [5.41, 5.74) is 1.79. The zero-order valence-corrected chi connectivity index (χ0v) is 11.6. The highest BCUT2D eigenvalue weighted by Crippen LogP contribution is 2.51. The SMILES string of the molecule is CC(C)CC12CCCN1C1CN/C(=C\C=N)C1C2. The third kappa shape index (κ3) is 1.71. The Kier molecular flexibility index (Phi) is 2.97. The average molecular weight is 247 g/mol. The van der Waals surface area contributed by atoms with Crippen molar-refractivity contribution in [1.82, 2.24) is 10.2 Å². The first-order valence-electron chi connectivity index (χ1n) is 7.37. The van der Waals surface area contributed by atoms with Crippen LogP contribution in [0.5, 0.6) is 0 Å². The fourth-order valence-corrected chi connectivity index (χ4v) is 4.72. The summed E-state index contributed by atoms with van der Waals surface area (Å²) in [6, 6.07) is 0.692. The van der Waals surface area contributed by atoms with Gasteiger partial charge >= 0.3 is 0 Å². The molecule has 3 heteroatoms. The van der Waals surface area contributed by atoms with Gasteiger partial charge in [-0.25, -0.2) is 0 Å². The summed E-state index contributed by atoms with van der Waals surface area (Å²) in [5.74, 6) is 1.44. The normalized spacial score (nSPS) is 41.2. The highest BCUT2D eigenvalue weighted by molar-refractivity contribution is 5.69. The van der Waals surface area contributed by atoms with E-state index in [1.54, 1.807) is 0 Å².